The zero-order chi connectivity index (χ0) is 12.0. The van der Waals surface area contributed by atoms with Gasteiger partial charge in [-0.05, 0) is 57.5 Å². The molecule has 2 nitrogen and oxygen atoms in total. The maximum Gasteiger partial charge on any atom is 0.122 e. The molecule has 1 N–H and O–H groups in total. The first kappa shape index (κ1) is 13.0. The van der Waals surface area contributed by atoms with Crippen molar-refractivity contribution in [2.75, 3.05) is 13.1 Å². The third-order valence-electron chi connectivity index (χ3n) is 2.86. The van der Waals surface area contributed by atoms with E-state index in [2.05, 4.69) is 45.1 Å². The first-order chi connectivity index (χ1) is 7.65. The summed E-state index contributed by atoms with van der Waals surface area (Å²) in [5, 5.41) is 3.31. The molecule has 1 atom stereocenters. The van der Waals surface area contributed by atoms with Gasteiger partial charge < -0.3 is 10.1 Å². The fourth-order valence-corrected chi connectivity index (χ4v) is 1.61. The van der Waals surface area contributed by atoms with Crippen LogP contribution in [-0.2, 0) is 0 Å². The van der Waals surface area contributed by atoms with Crippen molar-refractivity contribution in [3.8, 4) is 5.75 Å². The van der Waals surface area contributed by atoms with Gasteiger partial charge in [-0.25, -0.2) is 0 Å². The molecule has 0 amide bonds. The molecule has 0 spiro atoms. The second-order valence-corrected chi connectivity index (χ2v) is 4.27. The average Bonchev–Trinajstić information content (AvgIpc) is 2.25. The van der Waals surface area contributed by atoms with Crippen LogP contribution in [0.2, 0.25) is 0 Å². The van der Waals surface area contributed by atoms with E-state index in [1.165, 1.54) is 11.1 Å². The van der Waals surface area contributed by atoms with Crippen LogP contribution in [0.4, 0.5) is 0 Å². The van der Waals surface area contributed by atoms with Crippen molar-refractivity contribution in [3.63, 3.8) is 0 Å². The minimum atomic E-state index is 0.263. The van der Waals surface area contributed by atoms with Crippen LogP contribution in [0.3, 0.4) is 0 Å². The Bertz CT molecular complexity index is 323. The molecule has 1 rings (SSSR count). The monoisotopic (exact) mass is 221 g/mol. The molecule has 16 heavy (non-hydrogen) atoms. The number of nitrogens with one attached hydrogen (secondary N) is 1. The van der Waals surface area contributed by atoms with Crippen molar-refractivity contribution < 1.29 is 4.74 Å². The smallest absolute Gasteiger partial charge is 0.122 e. The van der Waals surface area contributed by atoms with E-state index in [1.807, 2.05) is 6.07 Å². The van der Waals surface area contributed by atoms with Crippen LogP contribution in [0, 0.1) is 13.8 Å². The Labute approximate surface area is 99.0 Å². The van der Waals surface area contributed by atoms with Crippen LogP contribution in [0.15, 0.2) is 18.2 Å². The van der Waals surface area contributed by atoms with E-state index in [0.29, 0.717) is 0 Å². The van der Waals surface area contributed by atoms with E-state index in [0.717, 1.165) is 25.3 Å². The van der Waals surface area contributed by atoms with Gasteiger partial charge in [0.25, 0.3) is 0 Å². The number of hydrogen-bond donors (Lipinski definition) is 1. The van der Waals surface area contributed by atoms with Gasteiger partial charge in [-0.2, -0.15) is 0 Å². The molecule has 0 radical (unpaired) electrons. The highest BCUT2D eigenvalue weighted by Gasteiger charge is 2.06. The molecule has 2 heteroatoms. The molecule has 0 aliphatic rings. The molecule has 0 saturated carbocycles. The van der Waals surface area contributed by atoms with Gasteiger partial charge in [-0.1, -0.05) is 19.1 Å². The Hall–Kier alpha value is -1.02. The number of benzene rings is 1. The SMILES string of the molecule is CCNCCC(C)Oc1cccc(C)c1C. The van der Waals surface area contributed by atoms with Gasteiger partial charge in [0.2, 0.25) is 0 Å². The normalized spacial score (nSPS) is 12.5. The minimum Gasteiger partial charge on any atom is -0.490 e. The third-order valence-corrected chi connectivity index (χ3v) is 2.86. The summed E-state index contributed by atoms with van der Waals surface area (Å²) in [6.45, 7) is 10.5. The topological polar surface area (TPSA) is 21.3 Å². The molecule has 0 bridgehead atoms. The molecule has 1 aromatic carbocycles. The molecule has 0 saturated heterocycles. The summed E-state index contributed by atoms with van der Waals surface area (Å²) in [7, 11) is 0. The fraction of sp³-hybridized carbons (Fsp3) is 0.571. The Kier molecular flexibility index (Phi) is 5.33. The van der Waals surface area contributed by atoms with Crippen LogP contribution < -0.4 is 10.1 Å². The maximum absolute atomic E-state index is 5.93. The number of aryl methyl sites for hydroxylation is 1. The molecular weight excluding hydrogens is 198 g/mol. The first-order valence-electron chi connectivity index (χ1n) is 6.08. The average molecular weight is 221 g/mol. The summed E-state index contributed by atoms with van der Waals surface area (Å²) in [5.74, 6) is 1.02. The number of rotatable bonds is 6. The molecular formula is C14H23NO. The van der Waals surface area contributed by atoms with E-state index < -0.39 is 0 Å². The van der Waals surface area contributed by atoms with Gasteiger partial charge in [-0.3, -0.25) is 0 Å². The summed E-state index contributed by atoms with van der Waals surface area (Å²) < 4.78 is 5.93. The highest BCUT2D eigenvalue weighted by molar-refractivity contribution is 5.38. The lowest BCUT2D eigenvalue weighted by atomic mass is 10.1. The van der Waals surface area contributed by atoms with Crippen LogP contribution in [0.1, 0.15) is 31.4 Å². The minimum absolute atomic E-state index is 0.263. The van der Waals surface area contributed by atoms with Gasteiger partial charge >= 0.3 is 0 Å². The highest BCUT2D eigenvalue weighted by atomic mass is 16.5. The summed E-state index contributed by atoms with van der Waals surface area (Å²) in [6.07, 6.45) is 1.31. The Morgan fingerprint density at radius 3 is 2.75 bits per heavy atom. The van der Waals surface area contributed by atoms with Crippen molar-refractivity contribution >= 4 is 0 Å². The molecule has 1 unspecified atom stereocenters. The van der Waals surface area contributed by atoms with Crippen LogP contribution in [0.25, 0.3) is 0 Å². The quantitative estimate of drug-likeness (QED) is 0.745. The van der Waals surface area contributed by atoms with E-state index in [4.69, 9.17) is 4.74 Å². The molecule has 0 aliphatic heterocycles. The Balaban J connectivity index is 2.49. The van der Waals surface area contributed by atoms with Gasteiger partial charge in [0.1, 0.15) is 5.75 Å². The summed E-state index contributed by atoms with van der Waals surface area (Å²) in [4.78, 5) is 0. The molecule has 0 aliphatic carbocycles. The summed E-state index contributed by atoms with van der Waals surface area (Å²) in [6, 6.07) is 6.21. The van der Waals surface area contributed by atoms with Gasteiger partial charge in [-0.15, -0.1) is 0 Å². The van der Waals surface area contributed by atoms with Gasteiger partial charge in [0.15, 0.2) is 0 Å². The largest absolute Gasteiger partial charge is 0.490 e. The van der Waals surface area contributed by atoms with Gasteiger partial charge in [0, 0.05) is 0 Å². The summed E-state index contributed by atoms with van der Waals surface area (Å²) >= 11 is 0. The zero-order valence-electron chi connectivity index (χ0n) is 10.8. The lowest BCUT2D eigenvalue weighted by Crippen LogP contribution is -2.22. The second-order valence-electron chi connectivity index (χ2n) is 4.27. The Morgan fingerprint density at radius 1 is 1.31 bits per heavy atom. The molecule has 90 valence electrons. The number of hydrogen-bond acceptors (Lipinski definition) is 2. The van der Waals surface area contributed by atoms with Crippen molar-refractivity contribution in [2.24, 2.45) is 0 Å². The predicted molar refractivity (Wildman–Crippen MR) is 69.2 cm³/mol. The van der Waals surface area contributed by atoms with Crippen molar-refractivity contribution in [3.05, 3.63) is 29.3 Å². The second kappa shape index (κ2) is 6.54. The van der Waals surface area contributed by atoms with Crippen molar-refractivity contribution in [2.45, 2.75) is 40.2 Å². The standard InChI is InChI=1S/C14H23NO/c1-5-15-10-9-12(3)16-14-8-6-7-11(2)13(14)4/h6-8,12,15H,5,9-10H2,1-4H3. The van der Waals surface area contributed by atoms with Crippen molar-refractivity contribution in [1.82, 2.24) is 5.32 Å². The zero-order valence-corrected chi connectivity index (χ0v) is 10.8. The molecule has 0 heterocycles. The molecule has 0 aromatic heterocycles. The van der Waals surface area contributed by atoms with E-state index in [-0.39, 0.29) is 6.10 Å². The Morgan fingerprint density at radius 2 is 2.06 bits per heavy atom. The molecule has 1 aromatic rings. The van der Waals surface area contributed by atoms with Crippen molar-refractivity contribution in [1.29, 1.82) is 0 Å². The van der Waals surface area contributed by atoms with E-state index in [9.17, 15) is 0 Å². The van der Waals surface area contributed by atoms with Crippen LogP contribution in [0.5, 0.6) is 5.75 Å². The molecule has 0 fully saturated rings. The summed E-state index contributed by atoms with van der Waals surface area (Å²) in [5.41, 5.74) is 2.54. The van der Waals surface area contributed by atoms with Crippen LogP contribution >= 0.6 is 0 Å². The highest BCUT2D eigenvalue weighted by Crippen LogP contribution is 2.22. The fourth-order valence-electron chi connectivity index (χ4n) is 1.61. The van der Waals surface area contributed by atoms with E-state index >= 15 is 0 Å². The van der Waals surface area contributed by atoms with Gasteiger partial charge in [0.05, 0.1) is 6.10 Å². The lowest BCUT2D eigenvalue weighted by molar-refractivity contribution is 0.209. The maximum atomic E-state index is 5.93. The van der Waals surface area contributed by atoms with E-state index in [1.54, 1.807) is 0 Å². The predicted octanol–water partition coefficient (Wildman–Crippen LogP) is 3.07. The third kappa shape index (κ3) is 3.86. The number of ether oxygens (including phenoxy) is 1. The lowest BCUT2D eigenvalue weighted by Gasteiger charge is -2.17. The first-order valence-corrected chi connectivity index (χ1v) is 6.08. The van der Waals surface area contributed by atoms with Crippen LogP contribution in [-0.4, -0.2) is 19.2 Å².